The molecule has 4 nitrogen and oxygen atoms in total. The molecule has 0 bridgehead atoms. The van der Waals surface area contributed by atoms with Crippen LogP contribution in [0.3, 0.4) is 0 Å². The number of benzene rings is 2. The molecule has 0 N–H and O–H groups in total. The van der Waals surface area contributed by atoms with Crippen molar-refractivity contribution in [3.05, 3.63) is 48.0 Å². The quantitative estimate of drug-likeness (QED) is 0.866. The van der Waals surface area contributed by atoms with Crippen LogP contribution in [-0.4, -0.2) is 21.8 Å². The monoisotopic (exact) mass is 319 g/mol. The number of nitrogens with zero attached hydrogens (tertiary/aromatic N) is 1. The average Bonchev–Trinajstić information content (AvgIpc) is 2.46. The lowest BCUT2D eigenvalue weighted by Crippen LogP contribution is -1.96. The molecule has 6 heteroatoms. The summed E-state index contributed by atoms with van der Waals surface area (Å²) in [5.74, 6) is 0.671. The molecule has 2 aromatic rings. The van der Waals surface area contributed by atoms with Crippen LogP contribution in [0.1, 0.15) is 5.56 Å². The van der Waals surface area contributed by atoms with Crippen LogP contribution >= 0.6 is 11.8 Å². The Morgan fingerprint density at radius 1 is 1.14 bits per heavy atom. The Kier molecular flexibility index (Phi) is 4.56. The first kappa shape index (κ1) is 15.4. The van der Waals surface area contributed by atoms with Crippen LogP contribution in [0, 0.1) is 11.3 Å². The summed E-state index contributed by atoms with van der Waals surface area (Å²) in [6.45, 7) is 0. The van der Waals surface area contributed by atoms with Crippen molar-refractivity contribution in [2.45, 2.75) is 14.7 Å². The molecule has 108 valence electrons. The minimum atomic E-state index is -3.20. The summed E-state index contributed by atoms with van der Waals surface area (Å²) in [6, 6.07) is 13.9. The summed E-state index contributed by atoms with van der Waals surface area (Å²) < 4.78 is 28.0. The van der Waals surface area contributed by atoms with E-state index in [1.807, 2.05) is 0 Å². The van der Waals surface area contributed by atoms with Gasteiger partial charge in [0.25, 0.3) is 0 Å². The minimum absolute atomic E-state index is 0.276. The van der Waals surface area contributed by atoms with E-state index >= 15 is 0 Å². The van der Waals surface area contributed by atoms with Crippen molar-refractivity contribution in [2.75, 3.05) is 13.4 Å². The van der Waals surface area contributed by atoms with Gasteiger partial charge in [-0.25, -0.2) is 8.42 Å². The maximum Gasteiger partial charge on any atom is 0.175 e. The molecule has 0 saturated carbocycles. The molecule has 21 heavy (non-hydrogen) atoms. The third-order valence-electron chi connectivity index (χ3n) is 2.79. The van der Waals surface area contributed by atoms with E-state index < -0.39 is 9.84 Å². The fourth-order valence-electron chi connectivity index (χ4n) is 1.69. The molecule has 0 atom stereocenters. The number of hydrogen-bond donors (Lipinski definition) is 0. The molecule has 0 spiro atoms. The summed E-state index contributed by atoms with van der Waals surface area (Å²) in [5, 5.41) is 9.13. The van der Waals surface area contributed by atoms with Crippen molar-refractivity contribution in [1.82, 2.24) is 0 Å². The number of methoxy groups -OCH3 is 1. The van der Waals surface area contributed by atoms with E-state index in [4.69, 9.17) is 10.00 Å². The van der Waals surface area contributed by atoms with Crippen LogP contribution in [0.4, 0.5) is 0 Å². The van der Waals surface area contributed by atoms with Gasteiger partial charge in [0.2, 0.25) is 0 Å². The van der Waals surface area contributed by atoms with E-state index in [0.29, 0.717) is 11.3 Å². The van der Waals surface area contributed by atoms with Crippen molar-refractivity contribution >= 4 is 21.6 Å². The van der Waals surface area contributed by atoms with Gasteiger partial charge in [-0.3, -0.25) is 0 Å². The van der Waals surface area contributed by atoms with Gasteiger partial charge in [-0.05, 0) is 42.5 Å². The van der Waals surface area contributed by atoms with Crippen molar-refractivity contribution in [3.8, 4) is 11.8 Å². The zero-order valence-electron chi connectivity index (χ0n) is 11.5. The van der Waals surface area contributed by atoms with Gasteiger partial charge in [0.1, 0.15) is 11.8 Å². The van der Waals surface area contributed by atoms with Crippen molar-refractivity contribution in [3.63, 3.8) is 0 Å². The normalized spacial score (nSPS) is 10.9. The Morgan fingerprint density at radius 3 is 2.33 bits per heavy atom. The lowest BCUT2D eigenvalue weighted by molar-refractivity contribution is 0.413. The molecule has 0 unspecified atom stereocenters. The molecule has 0 amide bonds. The molecule has 0 aliphatic carbocycles. The van der Waals surface area contributed by atoms with Gasteiger partial charge in [-0.15, -0.1) is 0 Å². The molecule has 2 rings (SSSR count). The van der Waals surface area contributed by atoms with Crippen LogP contribution in [0.5, 0.6) is 5.75 Å². The fraction of sp³-hybridized carbons (Fsp3) is 0.133. The van der Waals surface area contributed by atoms with Crippen molar-refractivity contribution < 1.29 is 13.2 Å². The molecule has 0 aliphatic heterocycles. The molecule has 0 fully saturated rings. The van der Waals surface area contributed by atoms with E-state index in [1.54, 1.807) is 49.6 Å². The van der Waals surface area contributed by atoms with Crippen LogP contribution in [0.25, 0.3) is 0 Å². The highest BCUT2D eigenvalue weighted by Gasteiger charge is 2.09. The summed E-state index contributed by atoms with van der Waals surface area (Å²) in [4.78, 5) is 1.90. The maximum absolute atomic E-state index is 11.4. The molecule has 0 aliphatic rings. The fourth-order valence-corrected chi connectivity index (χ4v) is 3.24. The van der Waals surface area contributed by atoms with Crippen molar-refractivity contribution in [2.24, 2.45) is 0 Å². The van der Waals surface area contributed by atoms with E-state index in [2.05, 4.69) is 6.07 Å². The van der Waals surface area contributed by atoms with Gasteiger partial charge >= 0.3 is 0 Å². The lowest BCUT2D eigenvalue weighted by atomic mass is 10.2. The molecule has 2 aromatic carbocycles. The minimum Gasteiger partial charge on any atom is -0.497 e. The van der Waals surface area contributed by atoms with Crippen LogP contribution in [-0.2, 0) is 9.84 Å². The zero-order chi connectivity index (χ0) is 15.5. The second-order valence-electron chi connectivity index (χ2n) is 4.32. The predicted octanol–water partition coefficient (Wildman–Crippen LogP) is 3.12. The molecule has 0 radical (unpaired) electrons. The second kappa shape index (κ2) is 6.20. The van der Waals surface area contributed by atoms with Gasteiger partial charge in [0, 0.05) is 16.0 Å². The number of ether oxygens (including phenoxy) is 1. The third-order valence-corrected chi connectivity index (χ3v) is 4.98. The summed E-state index contributed by atoms with van der Waals surface area (Å²) in [6.07, 6.45) is 1.17. The Bertz CT molecular complexity index is 791. The van der Waals surface area contributed by atoms with Crippen LogP contribution < -0.4 is 4.74 Å². The van der Waals surface area contributed by atoms with E-state index in [-0.39, 0.29) is 4.90 Å². The molecule has 0 saturated heterocycles. The van der Waals surface area contributed by atoms with E-state index in [9.17, 15) is 8.42 Å². The number of sulfone groups is 1. The average molecular weight is 319 g/mol. The third kappa shape index (κ3) is 3.78. The SMILES string of the molecule is COc1ccc(C#N)c(Sc2ccc(S(C)(=O)=O)cc2)c1. The van der Waals surface area contributed by atoms with Gasteiger partial charge in [0.15, 0.2) is 9.84 Å². The van der Waals surface area contributed by atoms with Crippen LogP contribution in [0.15, 0.2) is 57.2 Å². The molecule has 0 aromatic heterocycles. The standard InChI is InChI=1S/C15H13NO3S2/c1-19-12-4-3-11(10-16)15(9-12)20-13-5-7-14(8-6-13)21(2,17)18/h3-9H,1-2H3. The highest BCUT2D eigenvalue weighted by Crippen LogP contribution is 2.33. The van der Waals surface area contributed by atoms with Gasteiger partial charge in [0.05, 0.1) is 17.6 Å². The predicted molar refractivity (Wildman–Crippen MR) is 81.4 cm³/mol. The smallest absolute Gasteiger partial charge is 0.175 e. The Morgan fingerprint density at radius 2 is 1.81 bits per heavy atom. The topological polar surface area (TPSA) is 67.2 Å². The Balaban J connectivity index is 2.32. The number of hydrogen-bond acceptors (Lipinski definition) is 5. The number of nitriles is 1. The maximum atomic E-state index is 11.4. The largest absolute Gasteiger partial charge is 0.497 e. The lowest BCUT2D eigenvalue weighted by Gasteiger charge is -2.07. The molecular weight excluding hydrogens is 306 g/mol. The van der Waals surface area contributed by atoms with E-state index in [1.165, 1.54) is 18.0 Å². The number of rotatable bonds is 4. The van der Waals surface area contributed by atoms with Crippen LogP contribution in [0.2, 0.25) is 0 Å². The zero-order valence-corrected chi connectivity index (χ0v) is 13.2. The van der Waals surface area contributed by atoms with Gasteiger partial charge in [-0.1, -0.05) is 11.8 Å². The Hall–Kier alpha value is -1.97. The Labute approximate surface area is 128 Å². The molecular formula is C15H13NO3S2. The molecule has 0 heterocycles. The summed E-state index contributed by atoms with van der Waals surface area (Å²) in [7, 11) is -1.63. The van der Waals surface area contributed by atoms with Crippen molar-refractivity contribution in [1.29, 1.82) is 5.26 Å². The van der Waals surface area contributed by atoms with E-state index in [0.717, 1.165) is 9.79 Å². The summed E-state index contributed by atoms with van der Waals surface area (Å²) in [5.41, 5.74) is 0.549. The highest BCUT2D eigenvalue weighted by molar-refractivity contribution is 7.99. The van der Waals surface area contributed by atoms with Gasteiger partial charge in [-0.2, -0.15) is 5.26 Å². The first-order valence-corrected chi connectivity index (χ1v) is 8.71. The van der Waals surface area contributed by atoms with Gasteiger partial charge < -0.3 is 4.74 Å². The second-order valence-corrected chi connectivity index (χ2v) is 7.45. The summed E-state index contributed by atoms with van der Waals surface area (Å²) >= 11 is 1.39. The first-order chi connectivity index (χ1) is 9.94. The highest BCUT2D eigenvalue weighted by atomic mass is 32.2. The first-order valence-electron chi connectivity index (χ1n) is 6.00.